The van der Waals surface area contributed by atoms with E-state index in [1.807, 2.05) is 13.1 Å². The van der Waals surface area contributed by atoms with Crippen molar-refractivity contribution < 1.29 is 9.90 Å². The summed E-state index contributed by atoms with van der Waals surface area (Å²) in [5, 5.41) is 13.2. The van der Waals surface area contributed by atoms with Crippen LogP contribution in [0.2, 0.25) is 0 Å². The predicted molar refractivity (Wildman–Crippen MR) is 51.0 cm³/mol. The lowest BCUT2D eigenvalue weighted by molar-refractivity contribution is -0.139. The summed E-state index contributed by atoms with van der Waals surface area (Å²) in [5.74, 6) is -0.722. The first kappa shape index (κ1) is 9.24. The highest BCUT2D eigenvalue weighted by Crippen LogP contribution is 2.42. The molecule has 0 aliphatic heterocycles. The van der Waals surface area contributed by atoms with Crippen LogP contribution in [-0.2, 0) is 11.3 Å². The maximum Gasteiger partial charge on any atom is 0.311 e. The highest BCUT2D eigenvalue weighted by Gasteiger charge is 2.37. The number of hydrogen-bond donors (Lipinski definition) is 1. The van der Waals surface area contributed by atoms with Crippen LogP contribution in [-0.4, -0.2) is 20.9 Å². The van der Waals surface area contributed by atoms with Gasteiger partial charge >= 0.3 is 5.97 Å². The van der Waals surface area contributed by atoms with E-state index in [-0.39, 0.29) is 5.92 Å². The molecule has 1 heterocycles. The van der Waals surface area contributed by atoms with Crippen molar-refractivity contribution in [2.75, 3.05) is 0 Å². The fourth-order valence-electron chi connectivity index (χ4n) is 1.76. The minimum absolute atomic E-state index is 0.335. The highest BCUT2D eigenvalue weighted by molar-refractivity contribution is 5.76. The number of carboxylic acids is 1. The van der Waals surface area contributed by atoms with Gasteiger partial charge in [0.25, 0.3) is 0 Å². The molecule has 0 spiro atoms. The zero-order valence-corrected chi connectivity index (χ0v) is 8.18. The standard InChI is InChI=1S/C10H14N2O2/c1-2-12-6-8(5-11-12)9(10(13)14)7-3-4-7/h5-7,9H,2-4H2,1H3,(H,13,14). The van der Waals surface area contributed by atoms with Crippen LogP contribution in [0.25, 0.3) is 0 Å². The molecule has 76 valence electrons. The summed E-state index contributed by atoms with van der Waals surface area (Å²) < 4.78 is 1.77. The van der Waals surface area contributed by atoms with Crippen molar-refractivity contribution in [3.05, 3.63) is 18.0 Å². The number of aryl methyl sites for hydroxylation is 1. The van der Waals surface area contributed by atoms with Gasteiger partial charge in [-0.3, -0.25) is 9.48 Å². The smallest absolute Gasteiger partial charge is 0.311 e. The molecular weight excluding hydrogens is 180 g/mol. The SMILES string of the molecule is CCn1cc(C(C(=O)O)C2CC2)cn1. The molecule has 1 aliphatic rings. The lowest BCUT2D eigenvalue weighted by atomic mass is 9.98. The molecule has 0 amide bonds. The topological polar surface area (TPSA) is 55.1 Å². The first-order valence-corrected chi connectivity index (χ1v) is 4.97. The number of carboxylic acid groups (broad SMARTS) is 1. The van der Waals surface area contributed by atoms with Crippen LogP contribution in [0.1, 0.15) is 31.2 Å². The second kappa shape index (κ2) is 3.44. The summed E-state index contributed by atoms with van der Waals surface area (Å²) in [6.07, 6.45) is 5.60. The number of hydrogen-bond acceptors (Lipinski definition) is 2. The van der Waals surface area contributed by atoms with Crippen molar-refractivity contribution in [2.24, 2.45) is 5.92 Å². The molecule has 4 nitrogen and oxygen atoms in total. The molecule has 1 aromatic rings. The van der Waals surface area contributed by atoms with Gasteiger partial charge in [0, 0.05) is 18.3 Å². The first-order valence-electron chi connectivity index (χ1n) is 4.97. The highest BCUT2D eigenvalue weighted by atomic mass is 16.4. The Kier molecular flexibility index (Phi) is 2.27. The van der Waals surface area contributed by atoms with Crippen LogP contribution in [0, 0.1) is 5.92 Å². The molecule has 0 radical (unpaired) electrons. The van der Waals surface area contributed by atoms with Crippen molar-refractivity contribution in [1.82, 2.24) is 9.78 Å². The molecule has 0 saturated heterocycles. The van der Waals surface area contributed by atoms with E-state index in [4.69, 9.17) is 5.11 Å². The van der Waals surface area contributed by atoms with Gasteiger partial charge in [-0.15, -0.1) is 0 Å². The lowest BCUT2D eigenvalue weighted by Gasteiger charge is -2.07. The Balaban J connectivity index is 2.21. The van der Waals surface area contributed by atoms with E-state index in [1.165, 1.54) is 0 Å². The molecule has 14 heavy (non-hydrogen) atoms. The number of aromatic nitrogens is 2. The van der Waals surface area contributed by atoms with Crippen LogP contribution >= 0.6 is 0 Å². The van der Waals surface area contributed by atoms with Crippen molar-refractivity contribution in [1.29, 1.82) is 0 Å². The molecule has 1 N–H and O–H groups in total. The minimum atomic E-state index is -0.719. The Morgan fingerprint density at radius 1 is 1.79 bits per heavy atom. The zero-order valence-electron chi connectivity index (χ0n) is 8.18. The van der Waals surface area contributed by atoms with Crippen LogP contribution < -0.4 is 0 Å². The van der Waals surface area contributed by atoms with Gasteiger partial charge < -0.3 is 5.11 Å². The predicted octanol–water partition coefficient (Wildman–Crippen LogP) is 1.48. The third-order valence-corrected chi connectivity index (χ3v) is 2.70. The average Bonchev–Trinajstić information content (AvgIpc) is 2.83. The molecule has 1 aromatic heterocycles. The van der Waals surface area contributed by atoms with E-state index >= 15 is 0 Å². The second-order valence-corrected chi connectivity index (χ2v) is 3.78. The maximum atomic E-state index is 11.0. The van der Waals surface area contributed by atoms with Crippen LogP contribution in [0.15, 0.2) is 12.4 Å². The van der Waals surface area contributed by atoms with E-state index in [9.17, 15) is 4.79 Å². The summed E-state index contributed by atoms with van der Waals surface area (Å²) >= 11 is 0. The number of nitrogens with zero attached hydrogens (tertiary/aromatic N) is 2. The monoisotopic (exact) mass is 194 g/mol. The van der Waals surface area contributed by atoms with Gasteiger partial charge in [0.05, 0.1) is 12.1 Å². The van der Waals surface area contributed by atoms with Crippen LogP contribution in [0.5, 0.6) is 0 Å². The Bertz CT molecular complexity index is 342. The van der Waals surface area contributed by atoms with Crippen LogP contribution in [0.3, 0.4) is 0 Å². The fourth-order valence-corrected chi connectivity index (χ4v) is 1.76. The summed E-state index contributed by atoms with van der Waals surface area (Å²) in [6.45, 7) is 2.78. The number of rotatable bonds is 4. The Morgan fingerprint density at radius 3 is 2.93 bits per heavy atom. The van der Waals surface area contributed by atoms with Crippen molar-refractivity contribution in [3.8, 4) is 0 Å². The van der Waals surface area contributed by atoms with Crippen LogP contribution in [0.4, 0.5) is 0 Å². The van der Waals surface area contributed by atoms with Gasteiger partial charge in [-0.2, -0.15) is 5.10 Å². The molecule has 1 aliphatic carbocycles. The molecule has 1 fully saturated rings. The van der Waals surface area contributed by atoms with E-state index in [2.05, 4.69) is 5.10 Å². The number of carbonyl (C=O) groups is 1. The van der Waals surface area contributed by atoms with Crippen molar-refractivity contribution in [2.45, 2.75) is 32.2 Å². The van der Waals surface area contributed by atoms with Crippen molar-refractivity contribution in [3.63, 3.8) is 0 Å². The van der Waals surface area contributed by atoms with Gasteiger partial charge in [-0.1, -0.05) is 0 Å². The maximum absolute atomic E-state index is 11.0. The summed E-state index contributed by atoms with van der Waals surface area (Å²) in [4.78, 5) is 11.0. The van der Waals surface area contributed by atoms with Gasteiger partial charge in [0.15, 0.2) is 0 Å². The summed E-state index contributed by atoms with van der Waals surface area (Å²) in [5.41, 5.74) is 0.849. The second-order valence-electron chi connectivity index (χ2n) is 3.78. The average molecular weight is 194 g/mol. The molecule has 1 saturated carbocycles. The largest absolute Gasteiger partial charge is 0.481 e. The molecule has 0 bridgehead atoms. The third-order valence-electron chi connectivity index (χ3n) is 2.70. The molecule has 2 rings (SSSR count). The van der Waals surface area contributed by atoms with Gasteiger partial charge in [-0.25, -0.2) is 0 Å². The molecule has 4 heteroatoms. The van der Waals surface area contributed by atoms with E-state index in [0.717, 1.165) is 24.9 Å². The van der Waals surface area contributed by atoms with Gasteiger partial charge in [0.2, 0.25) is 0 Å². The third kappa shape index (κ3) is 1.64. The Hall–Kier alpha value is -1.32. The normalized spacial score (nSPS) is 18.1. The Morgan fingerprint density at radius 2 is 2.50 bits per heavy atom. The summed E-state index contributed by atoms with van der Waals surface area (Å²) in [6, 6.07) is 0. The molecule has 1 unspecified atom stereocenters. The van der Waals surface area contributed by atoms with Gasteiger partial charge in [-0.05, 0) is 25.7 Å². The molecule has 1 atom stereocenters. The number of aliphatic carboxylic acids is 1. The minimum Gasteiger partial charge on any atom is -0.481 e. The van der Waals surface area contributed by atoms with E-state index < -0.39 is 5.97 Å². The van der Waals surface area contributed by atoms with E-state index in [1.54, 1.807) is 10.9 Å². The lowest BCUT2D eigenvalue weighted by Crippen LogP contribution is -2.12. The fraction of sp³-hybridized carbons (Fsp3) is 0.600. The quantitative estimate of drug-likeness (QED) is 0.789. The van der Waals surface area contributed by atoms with Gasteiger partial charge in [0.1, 0.15) is 0 Å². The van der Waals surface area contributed by atoms with Crippen molar-refractivity contribution >= 4 is 5.97 Å². The first-order chi connectivity index (χ1) is 6.72. The van der Waals surface area contributed by atoms with E-state index in [0.29, 0.717) is 5.92 Å². The summed E-state index contributed by atoms with van der Waals surface area (Å²) in [7, 11) is 0. The zero-order chi connectivity index (χ0) is 10.1. The molecule has 0 aromatic carbocycles. The Labute approximate surface area is 82.5 Å². The molecular formula is C10H14N2O2.